The molecule has 2 aromatic rings. The normalized spacial score (nSPS) is 20.8. The predicted octanol–water partition coefficient (Wildman–Crippen LogP) is 4.56. The Hall–Kier alpha value is -2.99. The van der Waals surface area contributed by atoms with Crippen LogP contribution >= 0.6 is 0 Å². The van der Waals surface area contributed by atoms with Gasteiger partial charge in [0.1, 0.15) is 0 Å². The summed E-state index contributed by atoms with van der Waals surface area (Å²) in [6, 6.07) is 14.6. The van der Waals surface area contributed by atoms with Gasteiger partial charge in [0.2, 0.25) is 0 Å². The molecule has 2 aliphatic rings. The van der Waals surface area contributed by atoms with E-state index in [0.717, 1.165) is 41.8 Å². The molecule has 0 saturated carbocycles. The molecular weight excluding hydrogens is 426 g/mol. The summed E-state index contributed by atoms with van der Waals surface area (Å²) in [5.41, 5.74) is 6.66. The molecule has 1 amide bonds. The number of likely N-dealkylation sites (tertiary alicyclic amines) is 1. The van der Waals surface area contributed by atoms with E-state index in [1.807, 2.05) is 6.92 Å². The number of ether oxygens (including phenoxy) is 1. The minimum Gasteiger partial charge on any atom is -0.466 e. The Bertz CT molecular complexity index is 1080. The first-order chi connectivity index (χ1) is 16.4. The SMILES string of the molecule is CCOC(=O)[C@@H]1CCCN(CC(=O)N2N=C(c3ccc(C)cc3)C[C@H]2c2cc(C)ccc2C)C1. The van der Waals surface area contributed by atoms with Crippen LogP contribution in [0.3, 0.4) is 0 Å². The fourth-order valence-corrected chi connectivity index (χ4v) is 4.94. The highest BCUT2D eigenvalue weighted by molar-refractivity contribution is 6.03. The average Bonchev–Trinajstić information content (AvgIpc) is 3.27. The number of hydrogen-bond donors (Lipinski definition) is 0. The van der Waals surface area contributed by atoms with Gasteiger partial charge < -0.3 is 4.74 Å². The summed E-state index contributed by atoms with van der Waals surface area (Å²) in [5.74, 6) is -0.354. The van der Waals surface area contributed by atoms with Crippen molar-refractivity contribution in [2.75, 3.05) is 26.2 Å². The molecule has 0 N–H and O–H groups in total. The minimum absolute atomic E-state index is 0.0301. The number of hydrazone groups is 1. The van der Waals surface area contributed by atoms with E-state index in [2.05, 4.69) is 68.1 Å². The summed E-state index contributed by atoms with van der Waals surface area (Å²) >= 11 is 0. The van der Waals surface area contributed by atoms with Gasteiger partial charge in [0.25, 0.3) is 5.91 Å². The smallest absolute Gasteiger partial charge is 0.310 e. The van der Waals surface area contributed by atoms with Gasteiger partial charge >= 0.3 is 5.97 Å². The monoisotopic (exact) mass is 461 g/mol. The largest absolute Gasteiger partial charge is 0.466 e. The second-order valence-electron chi connectivity index (χ2n) is 9.56. The third kappa shape index (κ3) is 5.39. The maximum absolute atomic E-state index is 13.6. The molecule has 6 heteroatoms. The highest BCUT2D eigenvalue weighted by Gasteiger charge is 2.36. The Morgan fingerprint density at radius 2 is 1.79 bits per heavy atom. The van der Waals surface area contributed by atoms with E-state index < -0.39 is 0 Å². The summed E-state index contributed by atoms with van der Waals surface area (Å²) in [4.78, 5) is 27.9. The van der Waals surface area contributed by atoms with Crippen molar-refractivity contribution in [3.8, 4) is 0 Å². The van der Waals surface area contributed by atoms with Gasteiger partial charge in [0.05, 0.1) is 30.8 Å². The standard InChI is InChI=1S/C28H35N3O3/c1-5-34-28(33)23-7-6-14-30(17-23)18-27(32)31-26(24-15-20(3)8-11-21(24)4)16-25(29-31)22-12-9-19(2)10-13-22/h8-13,15,23,26H,5-7,14,16-18H2,1-4H3/t23-,26+/m1/s1. The van der Waals surface area contributed by atoms with Gasteiger partial charge in [-0.3, -0.25) is 14.5 Å². The van der Waals surface area contributed by atoms with Crippen molar-refractivity contribution >= 4 is 17.6 Å². The van der Waals surface area contributed by atoms with Crippen LogP contribution in [0.2, 0.25) is 0 Å². The Morgan fingerprint density at radius 1 is 1.06 bits per heavy atom. The minimum atomic E-state index is -0.165. The van der Waals surface area contributed by atoms with Crippen molar-refractivity contribution in [3.05, 3.63) is 70.3 Å². The van der Waals surface area contributed by atoms with E-state index in [1.165, 1.54) is 11.1 Å². The number of hydrogen-bond acceptors (Lipinski definition) is 5. The summed E-state index contributed by atoms with van der Waals surface area (Å²) in [5, 5.41) is 6.53. The van der Waals surface area contributed by atoms with Crippen LogP contribution in [0.15, 0.2) is 47.6 Å². The van der Waals surface area contributed by atoms with Gasteiger partial charge in [-0.05, 0) is 63.8 Å². The maximum atomic E-state index is 13.6. The fourth-order valence-electron chi connectivity index (χ4n) is 4.94. The van der Waals surface area contributed by atoms with Crippen molar-refractivity contribution in [2.45, 2.75) is 53.0 Å². The molecule has 0 aliphatic carbocycles. The number of amides is 1. The van der Waals surface area contributed by atoms with Crippen LogP contribution in [-0.4, -0.2) is 53.7 Å². The Morgan fingerprint density at radius 3 is 2.53 bits per heavy atom. The lowest BCUT2D eigenvalue weighted by Crippen LogP contribution is -2.44. The first-order valence-corrected chi connectivity index (χ1v) is 12.3. The highest BCUT2D eigenvalue weighted by Crippen LogP contribution is 2.35. The van der Waals surface area contributed by atoms with Crippen molar-refractivity contribution in [2.24, 2.45) is 11.0 Å². The van der Waals surface area contributed by atoms with Crippen LogP contribution in [0, 0.1) is 26.7 Å². The third-order valence-corrected chi connectivity index (χ3v) is 6.83. The van der Waals surface area contributed by atoms with E-state index in [-0.39, 0.29) is 30.4 Å². The summed E-state index contributed by atoms with van der Waals surface area (Å²) in [6.07, 6.45) is 2.38. The summed E-state index contributed by atoms with van der Waals surface area (Å²) < 4.78 is 5.22. The molecule has 180 valence electrons. The van der Waals surface area contributed by atoms with Crippen molar-refractivity contribution in [1.29, 1.82) is 0 Å². The van der Waals surface area contributed by atoms with Gasteiger partial charge in [0.15, 0.2) is 0 Å². The maximum Gasteiger partial charge on any atom is 0.310 e. The van der Waals surface area contributed by atoms with Crippen molar-refractivity contribution < 1.29 is 14.3 Å². The molecule has 2 heterocycles. The van der Waals surface area contributed by atoms with Crippen molar-refractivity contribution in [1.82, 2.24) is 9.91 Å². The lowest BCUT2D eigenvalue weighted by molar-refractivity contribution is -0.150. The molecule has 0 bridgehead atoms. The molecule has 2 aromatic carbocycles. The molecule has 0 radical (unpaired) electrons. The van der Waals surface area contributed by atoms with E-state index in [0.29, 0.717) is 19.6 Å². The third-order valence-electron chi connectivity index (χ3n) is 6.83. The average molecular weight is 462 g/mol. The number of carbonyl (C=O) groups is 2. The topological polar surface area (TPSA) is 62.2 Å². The fraction of sp³-hybridized carbons (Fsp3) is 0.464. The van der Waals surface area contributed by atoms with Crippen LogP contribution in [-0.2, 0) is 14.3 Å². The molecule has 1 fully saturated rings. The predicted molar refractivity (Wildman–Crippen MR) is 134 cm³/mol. The molecule has 6 nitrogen and oxygen atoms in total. The molecule has 2 aliphatic heterocycles. The number of carbonyl (C=O) groups excluding carboxylic acids is 2. The zero-order chi connectivity index (χ0) is 24.2. The number of rotatable bonds is 6. The molecule has 2 atom stereocenters. The van der Waals surface area contributed by atoms with Gasteiger partial charge in [-0.15, -0.1) is 0 Å². The first kappa shape index (κ1) is 24.1. The number of piperidine rings is 1. The molecule has 34 heavy (non-hydrogen) atoms. The zero-order valence-electron chi connectivity index (χ0n) is 20.7. The molecule has 0 spiro atoms. The van der Waals surface area contributed by atoms with E-state index in [4.69, 9.17) is 9.84 Å². The van der Waals surface area contributed by atoms with E-state index in [9.17, 15) is 9.59 Å². The summed E-state index contributed by atoms with van der Waals surface area (Å²) in [7, 11) is 0. The first-order valence-electron chi connectivity index (χ1n) is 12.3. The summed E-state index contributed by atoms with van der Waals surface area (Å²) in [6.45, 7) is 10.1. The second-order valence-corrected chi connectivity index (χ2v) is 9.56. The van der Waals surface area contributed by atoms with Crippen molar-refractivity contribution in [3.63, 3.8) is 0 Å². The Kier molecular flexibility index (Phi) is 7.47. The Labute approximate surface area is 202 Å². The van der Waals surface area contributed by atoms with Gasteiger partial charge in [0, 0.05) is 13.0 Å². The number of esters is 1. The molecule has 4 rings (SSSR count). The van der Waals surface area contributed by atoms with Crippen LogP contribution in [0.5, 0.6) is 0 Å². The molecule has 0 aromatic heterocycles. The van der Waals surface area contributed by atoms with Gasteiger partial charge in [-0.1, -0.05) is 53.6 Å². The number of aryl methyl sites for hydroxylation is 3. The zero-order valence-corrected chi connectivity index (χ0v) is 20.7. The lowest BCUT2D eigenvalue weighted by Gasteiger charge is -2.32. The van der Waals surface area contributed by atoms with E-state index in [1.54, 1.807) is 5.01 Å². The molecular formula is C28H35N3O3. The van der Waals surface area contributed by atoms with Gasteiger partial charge in [-0.2, -0.15) is 5.10 Å². The lowest BCUT2D eigenvalue weighted by atomic mass is 9.93. The molecule has 1 saturated heterocycles. The van der Waals surface area contributed by atoms with Crippen LogP contribution < -0.4 is 0 Å². The highest BCUT2D eigenvalue weighted by atomic mass is 16.5. The van der Waals surface area contributed by atoms with Crippen LogP contribution in [0.4, 0.5) is 0 Å². The quantitative estimate of drug-likeness (QED) is 0.592. The molecule has 0 unspecified atom stereocenters. The second kappa shape index (κ2) is 10.5. The van der Waals surface area contributed by atoms with Crippen LogP contribution in [0.25, 0.3) is 0 Å². The number of benzene rings is 2. The van der Waals surface area contributed by atoms with Gasteiger partial charge in [-0.25, -0.2) is 5.01 Å². The Balaban J connectivity index is 1.57. The van der Waals surface area contributed by atoms with Crippen LogP contribution in [0.1, 0.15) is 60.0 Å². The van der Waals surface area contributed by atoms with E-state index >= 15 is 0 Å². The number of nitrogens with zero attached hydrogens (tertiary/aromatic N) is 3.